The Balaban J connectivity index is 1.70. The second-order valence-electron chi connectivity index (χ2n) is 6.28. The summed E-state index contributed by atoms with van der Waals surface area (Å²) in [6.45, 7) is 6.42. The van der Waals surface area contributed by atoms with E-state index in [0.717, 1.165) is 12.8 Å². The zero-order valence-corrected chi connectivity index (χ0v) is 14.2. The molecule has 3 heterocycles. The lowest BCUT2D eigenvalue weighted by molar-refractivity contribution is -0.139. The van der Waals surface area contributed by atoms with Crippen LogP contribution in [0.4, 0.5) is 0 Å². The number of amides is 1. The highest BCUT2D eigenvalue weighted by atomic mass is 16.5. The summed E-state index contributed by atoms with van der Waals surface area (Å²) in [5.74, 6) is 1.86. The van der Waals surface area contributed by atoms with Crippen molar-refractivity contribution >= 4 is 5.91 Å². The number of rotatable bonds is 5. The fraction of sp³-hybridized carbons (Fsp3) is 0.529. The molecular weight excluding hydrogens is 308 g/mol. The molecule has 1 fully saturated rings. The predicted octanol–water partition coefficient (Wildman–Crippen LogP) is 2.72. The molecule has 1 amide bonds. The van der Waals surface area contributed by atoms with Gasteiger partial charge in [0.15, 0.2) is 11.9 Å². The van der Waals surface area contributed by atoms with Crippen molar-refractivity contribution < 1.29 is 14.1 Å². The van der Waals surface area contributed by atoms with E-state index in [1.807, 2.05) is 13.8 Å². The van der Waals surface area contributed by atoms with Crippen LogP contribution in [-0.4, -0.2) is 38.6 Å². The van der Waals surface area contributed by atoms with E-state index < -0.39 is 6.10 Å². The average molecular weight is 330 g/mol. The third kappa shape index (κ3) is 3.39. The molecule has 1 aliphatic rings. The van der Waals surface area contributed by atoms with Gasteiger partial charge in [-0.1, -0.05) is 19.0 Å². The van der Waals surface area contributed by atoms with Crippen molar-refractivity contribution in [3.05, 3.63) is 36.2 Å². The highest BCUT2D eigenvalue weighted by Crippen LogP contribution is 2.31. The van der Waals surface area contributed by atoms with E-state index >= 15 is 0 Å². The van der Waals surface area contributed by atoms with Crippen molar-refractivity contribution in [2.24, 2.45) is 0 Å². The minimum atomic E-state index is -0.591. The summed E-state index contributed by atoms with van der Waals surface area (Å²) >= 11 is 0. The molecule has 0 spiro atoms. The van der Waals surface area contributed by atoms with Gasteiger partial charge in [0, 0.05) is 18.7 Å². The van der Waals surface area contributed by atoms with Crippen LogP contribution in [-0.2, 0) is 4.79 Å². The van der Waals surface area contributed by atoms with Crippen molar-refractivity contribution in [2.75, 3.05) is 6.54 Å². The zero-order chi connectivity index (χ0) is 17.1. The van der Waals surface area contributed by atoms with Gasteiger partial charge in [0.05, 0.1) is 12.2 Å². The quantitative estimate of drug-likeness (QED) is 0.838. The van der Waals surface area contributed by atoms with Gasteiger partial charge in [0.2, 0.25) is 5.89 Å². The van der Waals surface area contributed by atoms with Gasteiger partial charge < -0.3 is 14.2 Å². The molecule has 0 bridgehead atoms. The molecule has 24 heavy (non-hydrogen) atoms. The van der Waals surface area contributed by atoms with Gasteiger partial charge in [-0.25, -0.2) is 0 Å². The Kier molecular flexibility index (Phi) is 4.78. The number of hydrogen-bond donors (Lipinski definition) is 0. The predicted molar refractivity (Wildman–Crippen MR) is 86.4 cm³/mol. The van der Waals surface area contributed by atoms with Gasteiger partial charge >= 0.3 is 0 Å². The summed E-state index contributed by atoms with van der Waals surface area (Å²) in [7, 11) is 0. The summed E-state index contributed by atoms with van der Waals surface area (Å²) in [6.07, 6.45) is 4.42. The molecule has 0 N–H and O–H groups in total. The molecule has 0 saturated carbocycles. The van der Waals surface area contributed by atoms with E-state index in [9.17, 15) is 4.79 Å². The van der Waals surface area contributed by atoms with Gasteiger partial charge in [0.25, 0.3) is 5.91 Å². The first kappa shape index (κ1) is 16.4. The molecule has 2 unspecified atom stereocenters. The molecular formula is C17H22N4O3. The van der Waals surface area contributed by atoms with E-state index in [4.69, 9.17) is 9.26 Å². The van der Waals surface area contributed by atoms with Crippen LogP contribution in [0.15, 0.2) is 29.0 Å². The number of carbonyl (C=O) groups is 1. The highest BCUT2D eigenvalue weighted by molar-refractivity contribution is 5.81. The molecule has 1 saturated heterocycles. The van der Waals surface area contributed by atoms with Crippen LogP contribution in [0.1, 0.15) is 57.3 Å². The Morgan fingerprint density at radius 2 is 2.25 bits per heavy atom. The van der Waals surface area contributed by atoms with Crippen molar-refractivity contribution in [3.8, 4) is 5.75 Å². The van der Waals surface area contributed by atoms with E-state index in [1.54, 1.807) is 36.4 Å². The number of hydrogen-bond acceptors (Lipinski definition) is 6. The number of likely N-dealkylation sites (tertiary alicyclic amines) is 1. The Hall–Kier alpha value is -2.44. The third-order valence-corrected chi connectivity index (χ3v) is 4.08. The summed E-state index contributed by atoms with van der Waals surface area (Å²) in [5, 5.41) is 4.06. The molecule has 0 aliphatic carbocycles. The van der Waals surface area contributed by atoms with Crippen LogP contribution in [0, 0.1) is 0 Å². The number of pyridine rings is 1. The minimum absolute atomic E-state index is 0.0720. The maximum Gasteiger partial charge on any atom is 0.263 e. The minimum Gasteiger partial charge on any atom is -0.479 e. The first-order valence-electron chi connectivity index (χ1n) is 8.27. The second-order valence-corrected chi connectivity index (χ2v) is 6.28. The Morgan fingerprint density at radius 1 is 1.42 bits per heavy atom. The molecule has 2 aromatic heterocycles. The van der Waals surface area contributed by atoms with Gasteiger partial charge in [0.1, 0.15) is 5.75 Å². The van der Waals surface area contributed by atoms with E-state index in [0.29, 0.717) is 24.0 Å². The van der Waals surface area contributed by atoms with Crippen LogP contribution in [0.2, 0.25) is 0 Å². The molecule has 3 rings (SSSR count). The van der Waals surface area contributed by atoms with E-state index in [2.05, 4.69) is 15.1 Å². The van der Waals surface area contributed by atoms with Crippen LogP contribution < -0.4 is 4.74 Å². The Morgan fingerprint density at radius 3 is 2.92 bits per heavy atom. The lowest BCUT2D eigenvalue weighted by Gasteiger charge is -2.25. The third-order valence-electron chi connectivity index (χ3n) is 4.08. The monoisotopic (exact) mass is 330 g/mol. The maximum atomic E-state index is 12.8. The number of nitrogens with zero attached hydrogens (tertiary/aromatic N) is 4. The molecule has 2 atom stereocenters. The zero-order valence-electron chi connectivity index (χ0n) is 14.2. The maximum absolute atomic E-state index is 12.8. The summed E-state index contributed by atoms with van der Waals surface area (Å²) in [4.78, 5) is 23.0. The SMILES string of the molecule is CC(Oc1cccnc1)C(=O)N1CCCC1c1noc(C(C)C)n1. The molecule has 7 heteroatoms. The van der Waals surface area contributed by atoms with E-state index in [-0.39, 0.29) is 17.9 Å². The van der Waals surface area contributed by atoms with Crippen LogP contribution in [0.5, 0.6) is 5.75 Å². The Bertz CT molecular complexity index is 686. The summed E-state index contributed by atoms with van der Waals surface area (Å²) in [6, 6.07) is 3.42. The van der Waals surface area contributed by atoms with Gasteiger partial charge in [-0.3, -0.25) is 9.78 Å². The Labute approximate surface area is 141 Å². The van der Waals surface area contributed by atoms with Crippen LogP contribution in [0.25, 0.3) is 0 Å². The van der Waals surface area contributed by atoms with Crippen molar-refractivity contribution in [2.45, 2.75) is 51.7 Å². The molecule has 0 aromatic carbocycles. The largest absolute Gasteiger partial charge is 0.479 e. The van der Waals surface area contributed by atoms with Crippen molar-refractivity contribution in [1.82, 2.24) is 20.0 Å². The van der Waals surface area contributed by atoms with Crippen LogP contribution >= 0.6 is 0 Å². The van der Waals surface area contributed by atoms with Gasteiger partial charge in [-0.2, -0.15) is 4.98 Å². The topological polar surface area (TPSA) is 81.4 Å². The normalized spacial score (nSPS) is 18.8. The molecule has 2 aromatic rings. The first-order chi connectivity index (χ1) is 11.6. The van der Waals surface area contributed by atoms with Crippen molar-refractivity contribution in [1.29, 1.82) is 0 Å². The second kappa shape index (κ2) is 6.98. The average Bonchev–Trinajstić information content (AvgIpc) is 3.24. The molecule has 7 nitrogen and oxygen atoms in total. The first-order valence-corrected chi connectivity index (χ1v) is 8.27. The lowest BCUT2D eigenvalue weighted by atomic mass is 10.2. The summed E-state index contributed by atoms with van der Waals surface area (Å²) in [5.41, 5.74) is 0. The van der Waals surface area contributed by atoms with Gasteiger partial charge in [-0.05, 0) is 31.9 Å². The fourth-order valence-corrected chi connectivity index (χ4v) is 2.82. The number of aromatic nitrogens is 3. The standard InChI is InChI=1S/C17H22N4O3/c1-11(2)16-19-15(20-24-16)14-7-5-9-21(14)17(22)12(3)23-13-6-4-8-18-10-13/h4,6,8,10-12,14H,5,7,9H2,1-3H3. The summed E-state index contributed by atoms with van der Waals surface area (Å²) < 4.78 is 11.0. The highest BCUT2D eigenvalue weighted by Gasteiger charge is 2.36. The molecule has 1 aliphatic heterocycles. The smallest absolute Gasteiger partial charge is 0.263 e. The number of carbonyl (C=O) groups excluding carboxylic acids is 1. The number of ether oxygens (including phenoxy) is 1. The van der Waals surface area contributed by atoms with Crippen molar-refractivity contribution in [3.63, 3.8) is 0 Å². The molecule has 128 valence electrons. The van der Waals surface area contributed by atoms with Crippen LogP contribution in [0.3, 0.4) is 0 Å². The lowest BCUT2D eigenvalue weighted by Crippen LogP contribution is -2.40. The molecule has 0 radical (unpaired) electrons. The van der Waals surface area contributed by atoms with E-state index in [1.165, 1.54) is 0 Å². The fourth-order valence-electron chi connectivity index (χ4n) is 2.82. The van der Waals surface area contributed by atoms with Gasteiger partial charge in [-0.15, -0.1) is 0 Å².